The van der Waals surface area contributed by atoms with Crippen LogP contribution < -0.4 is 14.8 Å². The quantitative estimate of drug-likeness (QED) is 0.895. The Morgan fingerprint density at radius 3 is 2.92 bits per heavy atom. The summed E-state index contributed by atoms with van der Waals surface area (Å²) in [7, 11) is 0. The van der Waals surface area contributed by atoms with Crippen molar-refractivity contribution in [3.8, 4) is 11.5 Å². The molecule has 1 N–H and O–H groups in total. The van der Waals surface area contributed by atoms with Gasteiger partial charge in [-0.1, -0.05) is 18.9 Å². The second kappa shape index (κ2) is 7.45. The van der Waals surface area contributed by atoms with Crippen molar-refractivity contribution >= 4 is 5.91 Å². The molecule has 2 fully saturated rings. The maximum atomic E-state index is 11.6. The number of fused-ring (bicyclic) bond motifs is 1. The highest BCUT2D eigenvalue weighted by atomic mass is 16.6. The SMILES string of the molecule is CC(=O)N[C@@H]1CCCC[C@@]12CN(Cc1ccc3c(c1)OCCO3)CCO2. The second-order valence-corrected chi connectivity index (χ2v) is 7.60. The van der Waals surface area contributed by atoms with Gasteiger partial charge in [-0.05, 0) is 30.5 Å². The molecular formula is C20H28N2O4. The van der Waals surface area contributed by atoms with Gasteiger partial charge in [0, 0.05) is 26.6 Å². The Balaban J connectivity index is 1.47. The number of carbonyl (C=O) groups excluding carboxylic acids is 1. The fourth-order valence-electron chi connectivity index (χ4n) is 4.48. The smallest absolute Gasteiger partial charge is 0.217 e. The third-order valence-corrected chi connectivity index (χ3v) is 5.66. The van der Waals surface area contributed by atoms with E-state index in [4.69, 9.17) is 14.2 Å². The largest absolute Gasteiger partial charge is 0.486 e. The summed E-state index contributed by atoms with van der Waals surface area (Å²) in [6, 6.07) is 6.31. The molecule has 1 saturated carbocycles. The maximum absolute atomic E-state index is 11.6. The number of rotatable bonds is 3. The van der Waals surface area contributed by atoms with Crippen molar-refractivity contribution in [1.29, 1.82) is 0 Å². The summed E-state index contributed by atoms with van der Waals surface area (Å²) in [5.74, 6) is 1.70. The summed E-state index contributed by atoms with van der Waals surface area (Å²) >= 11 is 0. The number of nitrogens with one attached hydrogen (secondary N) is 1. The molecule has 4 rings (SSSR count). The van der Waals surface area contributed by atoms with Gasteiger partial charge in [-0.15, -0.1) is 0 Å². The van der Waals surface area contributed by atoms with Gasteiger partial charge in [-0.25, -0.2) is 0 Å². The van der Waals surface area contributed by atoms with Gasteiger partial charge in [0.25, 0.3) is 0 Å². The van der Waals surface area contributed by atoms with Crippen molar-refractivity contribution < 1.29 is 19.0 Å². The van der Waals surface area contributed by atoms with E-state index < -0.39 is 0 Å². The van der Waals surface area contributed by atoms with Crippen LogP contribution in [0.25, 0.3) is 0 Å². The van der Waals surface area contributed by atoms with Crippen LogP contribution in [0.1, 0.15) is 38.2 Å². The van der Waals surface area contributed by atoms with E-state index in [9.17, 15) is 4.79 Å². The van der Waals surface area contributed by atoms with Crippen molar-refractivity contribution in [2.45, 2.75) is 50.8 Å². The number of nitrogens with zero attached hydrogens (tertiary/aromatic N) is 1. The molecule has 0 unspecified atom stereocenters. The van der Waals surface area contributed by atoms with Crippen molar-refractivity contribution in [1.82, 2.24) is 10.2 Å². The third kappa shape index (κ3) is 3.67. The number of hydrogen-bond acceptors (Lipinski definition) is 5. The first-order chi connectivity index (χ1) is 12.6. The topological polar surface area (TPSA) is 60.0 Å². The summed E-state index contributed by atoms with van der Waals surface area (Å²) in [4.78, 5) is 14.1. The van der Waals surface area contributed by atoms with Crippen LogP contribution in [0.3, 0.4) is 0 Å². The highest BCUT2D eigenvalue weighted by Crippen LogP contribution is 2.36. The zero-order valence-corrected chi connectivity index (χ0v) is 15.5. The van der Waals surface area contributed by atoms with E-state index in [-0.39, 0.29) is 17.6 Å². The molecule has 142 valence electrons. The normalized spacial score (nSPS) is 28.7. The van der Waals surface area contributed by atoms with E-state index in [0.717, 1.165) is 56.8 Å². The molecule has 1 aliphatic carbocycles. The molecule has 2 aliphatic heterocycles. The minimum Gasteiger partial charge on any atom is -0.486 e. The fraction of sp³-hybridized carbons (Fsp3) is 0.650. The molecular weight excluding hydrogens is 332 g/mol. The van der Waals surface area contributed by atoms with Gasteiger partial charge in [0.1, 0.15) is 18.8 Å². The minimum atomic E-state index is -0.254. The van der Waals surface area contributed by atoms with Gasteiger partial charge in [-0.3, -0.25) is 9.69 Å². The maximum Gasteiger partial charge on any atom is 0.217 e. The van der Waals surface area contributed by atoms with Crippen molar-refractivity contribution in [2.75, 3.05) is 32.9 Å². The van der Waals surface area contributed by atoms with E-state index in [1.807, 2.05) is 6.07 Å². The van der Waals surface area contributed by atoms with Crippen molar-refractivity contribution in [3.05, 3.63) is 23.8 Å². The molecule has 0 radical (unpaired) electrons. The zero-order valence-electron chi connectivity index (χ0n) is 15.5. The summed E-state index contributed by atoms with van der Waals surface area (Å²) < 4.78 is 17.6. The average Bonchev–Trinajstić information content (AvgIpc) is 2.64. The van der Waals surface area contributed by atoms with Gasteiger partial charge in [-0.2, -0.15) is 0 Å². The highest BCUT2D eigenvalue weighted by Gasteiger charge is 2.45. The lowest BCUT2D eigenvalue weighted by Gasteiger charge is -2.49. The number of morpholine rings is 1. The van der Waals surface area contributed by atoms with Crippen LogP contribution in [0, 0.1) is 0 Å². The summed E-state index contributed by atoms with van der Waals surface area (Å²) in [6.07, 6.45) is 4.32. The van der Waals surface area contributed by atoms with E-state index >= 15 is 0 Å². The lowest BCUT2D eigenvalue weighted by molar-refractivity contribution is -0.150. The Labute approximate surface area is 154 Å². The molecule has 2 heterocycles. The predicted octanol–water partition coefficient (Wildman–Crippen LogP) is 2.11. The standard InChI is InChI=1S/C20H28N2O4/c1-15(23)21-19-4-2-3-7-20(19)14-22(8-9-26-20)13-16-5-6-17-18(12-16)25-11-10-24-17/h5-6,12,19H,2-4,7-11,13-14H2,1H3,(H,21,23)/t19-,20-/m1/s1. The third-order valence-electron chi connectivity index (χ3n) is 5.66. The molecule has 1 spiro atoms. The molecule has 1 amide bonds. The first-order valence-electron chi connectivity index (χ1n) is 9.67. The molecule has 1 aromatic carbocycles. The first-order valence-corrected chi connectivity index (χ1v) is 9.67. The summed E-state index contributed by atoms with van der Waals surface area (Å²) in [5, 5.41) is 3.14. The fourth-order valence-corrected chi connectivity index (χ4v) is 4.48. The number of carbonyl (C=O) groups is 1. The van der Waals surface area contributed by atoms with Gasteiger partial charge in [0.2, 0.25) is 5.91 Å². The Hall–Kier alpha value is -1.79. The molecule has 0 bridgehead atoms. The number of amides is 1. The Morgan fingerprint density at radius 1 is 1.23 bits per heavy atom. The van der Waals surface area contributed by atoms with Gasteiger partial charge >= 0.3 is 0 Å². The van der Waals surface area contributed by atoms with E-state index in [2.05, 4.69) is 22.3 Å². The molecule has 0 aromatic heterocycles. The zero-order chi connectivity index (χ0) is 18.0. The Morgan fingerprint density at radius 2 is 2.08 bits per heavy atom. The van der Waals surface area contributed by atoms with E-state index in [0.29, 0.717) is 19.8 Å². The van der Waals surface area contributed by atoms with Crippen LogP contribution >= 0.6 is 0 Å². The molecule has 3 aliphatic rings. The van der Waals surface area contributed by atoms with Crippen LogP contribution in [-0.2, 0) is 16.1 Å². The molecule has 1 aromatic rings. The van der Waals surface area contributed by atoms with Crippen LogP contribution in [0.4, 0.5) is 0 Å². The van der Waals surface area contributed by atoms with Crippen molar-refractivity contribution in [3.63, 3.8) is 0 Å². The van der Waals surface area contributed by atoms with Crippen LogP contribution in [-0.4, -0.2) is 55.4 Å². The van der Waals surface area contributed by atoms with Crippen molar-refractivity contribution in [2.24, 2.45) is 0 Å². The lowest BCUT2D eigenvalue weighted by Crippen LogP contribution is -2.63. The Bertz CT molecular complexity index is 661. The van der Waals surface area contributed by atoms with Gasteiger partial charge < -0.3 is 19.5 Å². The van der Waals surface area contributed by atoms with E-state index in [1.54, 1.807) is 6.92 Å². The first kappa shape index (κ1) is 17.6. The highest BCUT2D eigenvalue weighted by molar-refractivity contribution is 5.73. The molecule has 6 nitrogen and oxygen atoms in total. The van der Waals surface area contributed by atoms with E-state index in [1.165, 1.54) is 5.56 Å². The second-order valence-electron chi connectivity index (χ2n) is 7.60. The predicted molar refractivity (Wildman–Crippen MR) is 97.5 cm³/mol. The minimum absolute atomic E-state index is 0.0313. The van der Waals surface area contributed by atoms with Gasteiger partial charge in [0.15, 0.2) is 11.5 Å². The number of hydrogen-bond donors (Lipinski definition) is 1. The molecule has 1 saturated heterocycles. The van der Waals surface area contributed by atoms with Crippen LogP contribution in [0.15, 0.2) is 18.2 Å². The lowest BCUT2D eigenvalue weighted by atomic mass is 9.78. The monoisotopic (exact) mass is 360 g/mol. The summed E-state index contributed by atoms with van der Waals surface area (Å²) in [6.45, 7) is 6.14. The molecule has 6 heteroatoms. The number of ether oxygens (including phenoxy) is 3. The molecule has 2 atom stereocenters. The average molecular weight is 360 g/mol. The van der Waals surface area contributed by atoms with Crippen LogP contribution in [0.5, 0.6) is 11.5 Å². The van der Waals surface area contributed by atoms with Gasteiger partial charge in [0.05, 0.1) is 12.6 Å². The van der Waals surface area contributed by atoms with Crippen LogP contribution in [0.2, 0.25) is 0 Å². The molecule has 26 heavy (non-hydrogen) atoms. The Kier molecular flexibility index (Phi) is 5.05. The summed E-state index contributed by atoms with van der Waals surface area (Å²) in [5.41, 5.74) is 0.967. The number of benzene rings is 1.